The van der Waals surface area contributed by atoms with Crippen LogP contribution < -0.4 is 9.47 Å². The monoisotopic (exact) mass is 452 g/mol. The van der Waals surface area contributed by atoms with Gasteiger partial charge in [-0.05, 0) is 58.7 Å². The largest absolute Gasteiger partial charge is 0.508 e. The van der Waals surface area contributed by atoms with Crippen molar-refractivity contribution in [2.75, 3.05) is 0 Å². The first-order valence-electron chi connectivity index (χ1n) is 11.1. The third-order valence-corrected chi connectivity index (χ3v) is 7.17. The van der Waals surface area contributed by atoms with Crippen LogP contribution in [0.1, 0.15) is 57.4 Å². The predicted octanol–water partition coefficient (Wildman–Crippen LogP) is 5.35. The summed E-state index contributed by atoms with van der Waals surface area (Å²) in [7, 11) is 0. The molecule has 0 amide bonds. The van der Waals surface area contributed by atoms with Gasteiger partial charge >= 0.3 is 0 Å². The molecule has 2 heterocycles. The molecule has 0 saturated heterocycles. The molecule has 7 rings (SSSR count). The van der Waals surface area contributed by atoms with E-state index < -0.39 is 12.2 Å². The summed E-state index contributed by atoms with van der Waals surface area (Å²) in [4.78, 5) is 0. The number of phenols is 4. The van der Waals surface area contributed by atoms with E-state index in [1.807, 2.05) is 24.3 Å². The molecule has 2 aliphatic heterocycles. The molecule has 4 N–H and O–H groups in total. The Hall–Kier alpha value is -4.32. The van der Waals surface area contributed by atoms with Crippen LogP contribution in [-0.4, -0.2) is 20.4 Å². The average molecular weight is 452 g/mol. The molecule has 0 fully saturated rings. The second-order valence-electron chi connectivity index (χ2n) is 9.11. The van der Waals surface area contributed by atoms with E-state index in [0.29, 0.717) is 11.5 Å². The number of rotatable bonds is 2. The van der Waals surface area contributed by atoms with Gasteiger partial charge in [-0.2, -0.15) is 0 Å². The standard InChI is InChI=1S/C28H20O6/c29-15-5-1-13(2-6-15)27-25-19-9-17(31)12-22-24(19)26(20-10-18(32)11-21(33-27)23(20)25)28(34-22)14-3-7-16(30)8-4-14/h1-12,25-32H/t25-,26-,27+,28+/m1/s1. The number of fused-ring (bicyclic) bond motifs is 2. The summed E-state index contributed by atoms with van der Waals surface area (Å²) in [6.07, 6.45) is -0.786. The minimum Gasteiger partial charge on any atom is -0.508 e. The molecule has 0 spiro atoms. The lowest BCUT2D eigenvalue weighted by atomic mass is 9.69. The van der Waals surface area contributed by atoms with E-state index >= 15 is 0 Å². The van der Waals surface area contributed by atoms with Gasteiger partial charge in [-0.25, -0.2) is 0 Å². The molecule has 0 radical (unpaired) electrons. The smallest absolute Gasteiger partial charge is 0.135 e. The van der Waals surface area contributed by atoms with Gasteiger partial charge in [0, 0.05) is 23.3 Å². The van der Waals surface area contributed by atoms with Gasteiger partial charge in [0.05, 0.1) is 11.8 Å². The van der Waals surface area contributed by atoms with Crippen LogP contribution in [0.3, 0.4) is 0 Å². The molecule has 3 aliphatic rings. The highest BCUT2D eigenvalue weighted by atomic mass is 16.5. The molecule has 34 heavy (non-hydrogen) atoms. The fourth-order valence-electron chi connectivity index (χ4n) is 5.84. The lowest BCUT2D eigenvalue weighted by Gasteiger charge is -2.31. The van der Waals surface area contributed by atoms with Crippen molar-refractivity contribution in [1.82, 2.24) is 0 Å². The van der Waals surface area contributed by atoms with Crippen molar-refractivity contribution in [1.29, 1.82) is 0 Å². The van der Waals surface area contributed by atoms with Gasteiger partial charge in [0.15, 0.2) is 0 Å². The van der Waals surface area contributed by atoms with Gasteiger partial charge in [0.2, 0.25) is 0 Å². The molecule has 6 nitrogen and oxygen atoms in total. The quantitative estimate of drug-likeness (QED) is 0.327. The van der Waals surface area contributed by atoms with Crippen LogP contribution in [0.15, 0.2) is 72.8 Å². The molecule has 4 aromatic rings. The Balaban J connectivity index is 1.47. The maximum atomic E-state index is 10.6. The molecule has 0 saturated carbocycles. The summed E-state index contributed by atoms with van der Waals surface area (Å²) in [6, 6.07) is 20.6. The van der Waals surface area contributed by atoms with Crippen molar-refractivity contribution in [3.05, 3.63) is 106 Å². The van der Waals surface area contributed by atoms with Crippen molar-refractivity contribution in [2.45, 2.75) is 24.0 Å². The van der Waals surface area contributed by atoms with Crippen molar-refractivity contribution >= 4 is 0 Å². The number of benzene rings is 4. The Labute approximate surface area is 194 Å². The van der Waals surface area contributed by atoms with E-state index in [4.69, 9.17) is 9.47 Å². The Morgan fingerprint density at radius 3 is 1.24 bits per heavy atom. The Morgan fingerprint density at radius 1 is 0.471 bits per heavy atom. The molecule has 0 aromatic heterocycles. The highest BCUT2D eigenvalue weighted by Crippen LogP contribution is 2.64. The Kier molecular flexibility index (Phi) is 3.73. The average Bonchev–Trinajstić information content (AvgIpc) is 3.38. The van der Waals surface area contributed by atoms with Gasteiger partial charge in [-0.1, -0.05) is 24.3 Å². The summed E-state index contributed by atoms with van der Waals surface area (Å²) in [5.41, 5.74) is 5.56. The van der Waals surface area contributed by atoms with Gasteiger partial charge in [0.1, 0.15) is 46.7 Å². The first kappa shape index (κ1) is 19.2. The van der Waals surface area contributed by atoms with Crippen LogP contribution in [0, 0.1) is 0 Å². The van der Waals surface area contributed by atoms with Crippen LogP contribution in [-0.2, 0) is 0 Å². The first-order chi connectivity index (χ1) is 16.5. The molecule has 0 unspecified atom stereocenters. The zero-order chi connectivity index (χ0) is 23.1. The van der Waals surface area contributed by atoms with Crippen LogP contribution in [0.2, 0.25) is 0 Å². The van der Waals surface area contributed by atoms with E-state index in [9.17, 15) is 20.4 Å². The van der Waals surface area contributed by atoms with Crippen molar-refractivity contribution in [2.24, 2.45) is 0 Å². The van der Waals surface area contributed by atoms with Crippen LogP contribution in [0.4, 0.5) is 0 Å². The number of aromatic hydroxyl groups is 4. The molecule has 168 valence electrons. The van der Waals surface area contributed by atoms with E-state index in [2.05, 4.69) is 0 Å². The summed E-state index contributed by atoms with van der Waals surface area (Å²) < 4.78 is 12.8. The summed E-state index contributed by atoms with van der Waals surface area (Å²) in [5.74, 6) is 1.34. The molecule has 6 heteroatoms. The third kappa shape index (κ3) is 2.56. The minimum atomic E-state index is -0.393. The highest BCUT2D eigenvalue weighted by Gasteiger charge is 2.51. The summed E-state index contributed by atoms with van der Waals surface area (Å²) in [5, 5.41) is 40.8. The zero-order valence-electron chi connectivity index (χ0n) is 17.8. The second kappa shape index (κ2) is 6.60. The van der Waals surface area contributed by atoms with Crippen LogP contribution in [0.25, 0.3) is 0 Å². The van der Waals surface area contributed by atoms with E-state index in [1.54, 1.807) is 48.5 Å². The van der Waals surface area contributed by atoms with Crippen molar-refractivity contribution in [3.63, 3.8) is 0 Å². The summed E-state index contributed by atoms with van der Waals surface area (Å²) in [6.45, 7) is 0. The molecule has 1 aliphatic carbocycles. The third-order valence-electron chi connectivity index (χ3n) is 7.17. The van der Waals surface area contributed by atoms with Crippen LogP contribution in [0.5, 0.6) is 34.5 Å². The maximum Gasteiger partial charge on any atom is 0.135 e. The van der Waals surface area contributed by atoms with E-state index in [0.717, 1.165) is 33.4 Å². The predicted molar refractivity (Wildman–Crippen MR) is 123 cm³/mol. The summed E-state index contributed by atoms with van der Waals surface area (Å²) >= 11 is 0. The van der Waals surface area contributed by atoms with Crippen molar-refractivity contribution < 1.29 is 29.9 Å². The number of phenolic OH excluding ortho intramolecular Hbond substituents is 4. The number of hydrogen-bond donors (Lipinski definition) is 4. The SMILES string of the molecule is Oc1ccc([C@@H]2Oc3cc(O)cc4c3[C@H]2c2cc(O)cc3c2[C@@H]4[C@H](c2ccc(O)cc2)O3)cc1. The fraction of sp³-hybridized carbons (Fsp3) is 0.143. The zero-order valence-corrected chi connectivity index (χ0v) is 17.8. The second-order valence-corrected chi connectivity index (χ2v) is 9.11. The molecular weight excluding hydrogens is 432 g/mol. The lowest BCUT2D eigenvalue weighted by Crippen LogP contribution is -2.21. The molecule has 4 atom stereocenters. The topological polar surface area (TPSA) is 99.4 Å². The van der Waals surface area contributed by atoms with E-state index in [-0.39, 0.29) is 34.8 Å². The van der Waals surface area contributed by atoms with Crippen LogP contribution >= 0.6 is 0 Å². The van der Waals surface area contributed by atoms with Gasteiger partial charge in [0.25, 0.3) is 0 Å². The molecule has 4 aromatic carbocycles. The lowest BCUT2D eigenvalue weighted by molar-refractivity contribution is 0.217. The van der Waals surface area contributed by atoms with Gasteiger partial charge < -0.3 is 29.9 Å². The maximum absolute atomic E-state index is 10.6. The Bertz CT molecular complexity index is 1350. The first-order valence-corrected chi connectivity index (χ1v) is 11.1. The molecule has 0 bridgehead atoms. The van der Waals surface area contributed by atoms with Gasteiger partial charge in [-0.15, -0.1) is 0 Å². The Morgan fingerprint density at radius 2 is 0.853 bits per heavy atom. The molecular formula is C28H20O6. The number of hydrogen-bond acceptors (Lipinski definition) is 6. The van der Waals surface area contributed by atoms with Crippen molar-refractivity contribution in [3.8, 4) is 34.5 Å². The van der Waals surface area contributed by atoms with E-state index in [1.165, 1.54) is 0 Å². The normalized spacial score (nSPS) is 23.1. The highest BCUT2D eigenvalue weighted by molar-refractivity contribution is 5.69. The fourth-order valence-corrected chi connectivity index (χ4v) is 5.84. The number of ether oxygens (including phenoxy) is 2. The van der Waals surface area contributed by atoms with Gasteiger partial charge in [-0.3, -0.25) is 0 Å². The minimum absolute atomic E-state index is 0.110.